The highest BCUT2D eigenvalue weighted by Crippen LogP contribution is 2.27. The van der Waals surface area contributed by atoms with Gasteiger partial charge >= 0.3 is 5.97 Å². The van der Waals surface area contributed by atoms with Crippen LogP contribution >= 0.6 is 0 Å². The van der Waals surface area contributed by atoms with Gasteiger partial charge in [0.05, 0.1) is 0 Å². The summed E-state index contributed by atoms with van der Waals surface area (Å²) < 4.78 is 18.0. The normalized spacial score (nSPS) is 13.9. The van der Waals surface area contributed by atoms with Gasteiger partial charge in [0, 0.05) is 6.54 Å². The summed E-state index contributed by atoms with van der Waals surface area (Å²) in [6.07, 6.45) is 2.25. The van der Waals surface area contributed by atoms with Crippen LogP contribution < -0.4 is 10.1 Å². The molecule has 0 atom stereocenters. The van der Waals surface area contributed by atoms with E-state index in [-0.39, 0.29) is 23.8 Å². The van der Waals surface area contributed by atoms with Crippen molar-refractivity contribution in [3.05, 3.63) is 29.6 Å². The van der Waals surface area contributed by atoms with Gasteiger partial charge in [0.2, 0.25) is 0 Å². The van der Waals surface area contributed by atoms with Crippen LogP contribution in [0.25, 0.3) is 0 Å². The van der Waals surface area contributed by atoms with Crippen molar-refractivity contribution in [2.45, 2.75) is 12.8 Å². The molecule has 1 aliphatic carbocycles. The maximum Gasteiger partial charge on any atom is 0.339 e. The van der Waals surface area contributed by atoms with Gasteiger partial charge in [-0.25, -0.2) is 9.18 Å². The molecule has 0 radical (unpaired) electrons. The lowest BCUT2D eigenvalue weighted by molar-refractivity contribution is -0.123. The molecule has 0 aromatic heterocycles. The highest BCUT2D eigenvalue weighted by molar-refractivity contribution is 5.91. The largest absolute Gasteiger partial charge is 0.483 e. The number of hydrogen-bond acceptors (Lipinski definition) is 3. The number of rotatable bonds is 6. The third-order valence-electron chi connectivity index (χ3n) is 2.82. The first-order valence-electron chi connectivity index (χ1n) is 5.98. The Balaban J connectivity index is 1.90. The Morgan fingerprint density at radius 2 is 2.16 bits per heavy atom. The van der Waals surface area contributed by atoms with Crippen LogP contribution in [0.3, 0.4) is 0 Å². The molecule has 0 bridgehead atoms. The standard InChI is InChI=1S/C13H14FNO4/c14-9-3-4-11(10(5-9)13(17)18)19-7-12(16)15-6-8-1-2-8/h3-5,8H,1-2,6-7H2,(H,15,16)(H,17,18). The lowest BCUT2D eigenvalue weighted by Crippen LogP contribution is -2.30. The van der Waals surface area contributed by atoms with Crippen molar-refractivity contribution in [2.75, 3.05) is 13.2 Å². The van der Waals surface area contributed by atoms with E-state index in [2.05, 4.69) is 5.32 Å². The van der Waals surface area contributed by atoms with Crippen LogP contribution in [0, 0.1) is 11.7 Å². The molecule has 1 amide bonds. The molecule has 0 saturated heterocycles. The molecule has 1 saturated carbocycles. The van der Waals surface area contributed by atoms with Gasteiger partial charge in [0.15, 0.2) is 6.61 Å². The van der Waals surface area contributed by atoms with E-state index < -0.39 is 11.8 Å². The predicted molar refractivity (Wildman–Crippen MR) is 64.6 cm³/mol. The van der Waals surface area contributed by atoms with Gasteiger partial charge in [-0.15, -0.1) is 0 Å². The number of carboxylic acid groups (broad SMARTS) is 1. The average Bonchev–Trinajstić information content (AvgIpc) is 3.18. The van der Waals surface area contributed by atoms with Crippen molar-refractivity contribution < 1.29 is 23.8 Å². The molecule has 0 spiro atoms. The first-order valence-corrected chi connectivity index (χ1v) is 5.98. The van der Waals surface area contributed by atoms with Crippen molar-refractivity contribution in [1.29, 1.82) is 0 Å². The topological polar surface area (TPSA) is 75.6 Å². The summed E-state index contributed by atoms with van der Waals surface area (Å²) in [5, 5.41) is 11.6. The minimum Gasteiger partial charge on any atom is -0.483 e. The van der Waals surface area contributed by atoms with Gasteiger partial charge in [-0.3, -0.25) is 4.79 Å². The summed E-state index contributed by atoms with van der Waals surface area (Å²) >= 11 is 0. The Hall–Kier alpha value is -2.11. The van der Waals surface area contributed by atoms with E-state index in [0.29, 0.717) is 12.5 Å². The number of amides is 1. The fraction of sp³-hybridized carbons (Fsp3) is 0.385. The highest BCUT2D eigenvalue weighted by atomic mass is 19.1. The van der Waals surface area contributed by atoms with Gasteiger partial charge in [-0.05, 0) is 37.0 Å². The highest BCUT2D eigenvalue weighted by Gasteiger charge is 2.21. The molecule has 19 heavy (non-hydrogen) atoms. The summed E-state index contributed by atoms with van der Waals surface area (Å²) in [6.45, 7) is 0.343. The minimum atomic E-state index is -1.30. The summed E-state index contributed by atoms with van der Waals surface area (Å²) in [5.41, 5.74) is -0.296. The Kier molecular flexibility index (Phi) is 3.99. The Labute approximate surface area is 109 Å². The molecule has 1 fully saturated rings. The summed E-state index contributed by atoms with van der Waals surface area (Å²) in [7, 11) is 0. The van der Waals surface area contributed by atoms with Gasteiger partial charge < -0.3 is 15.2 Å². The van der Waals surface area contributed by atoms with Crippen LogP contribution in [0.1, 0.15) is 23.2 Å². The number of carboxylic acids is 1. The number of carbonyl (C=O) groups is 2. The number of ether oxygens (including phenoxy) is 1. The first-order chi connectivity index (χ1) is 9.06. The number of benzene rings is 1. The average molecular weight is 267 g/mol. The molecule has 102 valence electrons. The Bertz CT molecular complexity index is 499. The number of halogens is 1. The third-order valence-corrected chi connectivity index (χ3v) is 2.82. The van der Waals surface area contributed by atoms with E-state index in [1.54, 1.807) is 0 Å². The third kappa shape index (κ3) is 3.94. The molecule has 0 aliphatic heterocycles. The molecule has 1 aliphatic rings. The van der Waals surface area contributed by atoms with Crippen molar-refractivity contribution in [3.63, 3.8) is 0 Å². The Morgan fingerprint density at radius 3 is 2.79 bits per heavy atom. The van der Waals surface area contributed by atoms with Crippen LogP contribution in [-0.2, 0) is 4.79 Å². The fourth-order valence-corrected chi connectivity index (χ4v) is 1.57. The van der Waals surface area contributed by atoms with Crippen LogP contribution in [0.2, 0.25) is 0 Å². The van der Waals surface area contributed by atoms with Gasteiger partial charge in [0.25, 0.3) is 5.91 Å². The SMILES string of the molecule is O=C(COc1ccc(F)cc1C(=O)O)NCC1CC1. The van der Waals surface area contributed by atoms with Crippen LogP contribution in [0.5, 0.6) is 5.75 Å². The lowest BCUT2D eigenvalue weighted by atomic mass is 10.2. The van der Waals surface area contributed by atoms with Gasteiger partial charge in [-0.2, -0.15) is 0 Å². The molecule has 2 rings (SSSR count). The molecule has 6 heteroatoms. The number of hydrogen-bond donors (Lipinski definition) is 2. The number of nitrogens with one attached hydrogen (secondary N) is 1. The van der Waals surface area contributed by atoms with Crippen molar-refractivity contribution in [1.82, 2.24) is 5.32 Å². The molecular formula is C13H14FNO4. The van der Waals surface area contributed by atoms with E-state index in [0.717, 1.165) is 25.0 Å². The van der Waals surface area contributed by atoms with E-state index in [1.165, 1.54) is 6.07 Å². The van der Waals surface area contributed by atoms with Crippen molar-refractivity contribution >= 4 is 11.9 Å². The fourth-order valence-electron chi connectivity index (χ4n) is 1.57. The molecular weight excluding hydrogens is 253 g/mol. The maximum absolute atomic E-state index is 12.9. The predicted octanol–water partition coefficient (Wildman–Crippen LogP) is 1.43. The van der Waals surface area contributed by atoms with E-state index in [4.69, 9.17) is 9.84 Å². The lowest BCUT2D eigenvalue weighted by Gasteiger charge is -2.09. The Morgan fingerprint density at radius 1 is 1.42 bits per heavy atom. The maximum atomic E-state index is 12.9. The van der Waals surface area contributed by atoms with Crippen LogP contribution in [-0.4, -0.2) is 30.1 Å². The van der Waals surface area contributed by atoms with E-state index in [9.17, 15) is 14.0 Å². The summed E-state index contributed by atoms with van der Waals surface area (Å²) in [6, 6.07) is 3.15. The van der Waals surface area contributed by atoms with Crippen molar-refractivity contribution in [2.24, 2.45) is 5.92 Å². The van der Waals surface area contributed by atoms with E-state index in [1.807, 2.05) is 0 Å². The number of carbonyl (C=O) groups excluding carboxylic acids is 1. The van der Waals surface area contributed by atoms with Crippen LogP contribution in [0.4, 0.5) is 4.39 Å². The second-order valence-electron chi connectivity index (χ2n) is 4.48. The molecule has 0 heterocycles. The first kappa shape index (κ1) is 13.3. The molecule has 0 unspecified atom stereocenters. The quantitative estimate of drug-likeness (QED) is 0.817. The zero-order valence-corrected chi connectivity index (χ0v) is 10.2. The molecule has 1 aromatic carbocycles. The summed E-state index contributed by atoms with van der Waals surface area (Å²) in [4.78, 5) is 22.3. The van der Waals surface area contributed by atoms with Crippen molar-refractivity contribution in [3.8, 4) is 5.75 Å². The smallest absolute Gasteiger partial charge is 0.339 e. The zero-order chi connectivity index (χ0) is 13.8. The van der Waals surface area contributed by atoms with Gasteiger partial charge in [0.1, 0.15) is 17.1 Å². The second-order valence-corrected chi connectivity index (χ2v) is 4.48. The molecule has 1 aromatic rings. The monoisotopic (exact) mass is 267 g/mol. The molecule has 5 nitrogen and oxygen atoms in total. The zero-order valence-electron chi connectivity index (χ0n) is 10.2. The van der Waals surface area contributed by atoms with E-state index >= 15 is 0 Å². The van der Waals surface area contributed by atoms with Crippen LogP contribution in [0.15, 0.2) is 18.2 Å². The minimum absolute atomic E-state index is 0.0181. The summed E-state index contributed by atoms with van der Waals surface area (Å²) in [5.74, 6) is -1.73. The van der Waals surface area contributed by atoms with Gasteiger partial charge in [-0.1, -0.05) is 0 Å². The number of aromatic carboxylic acids is 1. The molecule has 2 N–H and O–H groups in total. The second kappa shape index (κ2) is 5.69.